The second-order valence-corrected chi connectivity index (χ2v) is 9.66. The number of hydrogen-bond donors (Lipinski definition) is 1. The number of benzene rings is 1. The molecular formula is C25H27FN4O3. The van der Waals surface area contributed by atoms with Crippen LogP contribution in [0.4, 0.5) is 4.39 Å². The van der Waals surface area contributed by atoms with E-state index in [-0.39, 0.29) is 5.56 Å². The average Bonchev–Trinajstić information content (AvgIpc) is 3.17. The quantitative estimate of drug-likeness (QED) is 0.629. The number of halogens is 1. The molecule has 0 aliphatic carbocycles. The Balaban J connectivity index is 1.93. The van der Waals surface area contributed by atoms with E-state index in [1.807, 2.05) is 33.8 Å². The molecule has 0 bridgehead atoms. The van der Waals surface area contributed by atoms with Crippen LogP contribution in [0.25, 0.3) is 17.1 Å². The first-order valence-corrected chi connectivity index (χ1v) is 10.7. The number of aliphatic hydroxyl groups is 1. The van der Waals surface area contributed by atoms with Crippen molar-refractivity contribution in [3.63, 3.8) is 0 Å². The molecule has 1 N–H and O–H groups in total. The maximum atomic E-state index is 14.5. The number of nitriles is 1. The molecule has 1 saturated heterocycles. The molecule has 0 saturated carbocycles. The predicted octanol–water partition coefficient (Wildman–Crippen LogP) is 4.51. The van der Waals surface area contributed by atoms with Crippen LogP contribution in [0.3, 0.4) is 0 Å². The van der Waals surface area contributed by atoms with Gasteiger partial charge in [-0.05, 0) is 58.0 Å². The number of rotatable bonds is 4. The maximum absolute atomic E-state index is 14.5. The summed E-state index contributed by atoms with van der Waals surface area (Å²) < 4.78 is 27.8. The highest BCUT2D eigenvalue weighted by Gasteiger charge is 2.49. The number of nitrogens with zero attached hydrogens (tertiary/aromatic N) is 4. The van der Waals surface area contributed by atoms with Crippen molar-refractivity contribution in [3.05, 3.63) is 59.8 Å². The van der Waals surface area contributed by atoms with E-state index in [1.54, 1.807) is 35.2 Å². The highest BCUT2D eigenvalue weighted by Crippen LogP contribution is 2.46. The van der Waals surface area contributed by atoms with E-state index >= 15 is 0 Å². The smallest absolute Gasteiger partial charge is 0.224 e. The lowest BCUT2D eigenvalue weighted by atomic mass is 9.76. The summed E-state index contributed by atoms with van der Waals surface area (Å²) >= 11 is 0. The number of ether oxygens (including phenoxy) is 2. The molecule has 3 aromatic rings. The van der Waals surface area contributed by atoms with Gasteiger partial charge in [0.15, 0.2) is 0 Å². The van der Waals surface area contributed by atoms with Crippen LogP contribution in [-0.2, 0) is 10.3 Å². The van der Waals surface area contributed by atoms with Crippen LogP contribution in [0.1, 0.15) is 51.8 Å². The number of aromatic nitrogens is 3. The Bertz CT molecular complexity index is 1230. The molecule has 3 heterocycles. The third-order valence-corrected chi connectivity index (χ3v) is 5.73. The fourth-order valence-electron chi connectivity index (χ4n) is 4.93. The Morgan fingerprint density at radius 1 is 1.18 bits per heavy atom. The molecule has 0 amide bonds. The molecular weight excluding hydrogens is 423 g/mol. The topological polar surface area (TPSA) is 93.2 Å². The molecule has 0 radical (unpaired) electrons. The Kier molecular flexibility index (Phi) is 5.51. The minimum Gasteiger partial charge on any atom is -0.480 e. The van der Waals surface area contributed by atoms with Gasteiger partial charge in [0, 0.05) is 25.2 Å². The summed E-state index contributed by atoms with van der Waals surface area (Å²) in [6.45, 7) is 7.77. The van der Waals surface area contributed by atoms with E-state index in [0.717, 1.165) is 0 Å². The lowest BCUT2D eigenvalue weighted by molar-refractivity contribution is -0.224. The molecule has 1 aliphatic heterocycles. The lowest BCUT2D eigenvalue weighted by Crippen LogP contribution is -2.52. The molecule has 7 nitrogen and oxygen atoms in total. The minimum atomic E-state index is -1.27. The van der Waals surface area contributed by atoms with Gasteiger partial charge in [-0.25, -0.2) is 14.4 Å². The normalized spacial score (nSPS) is 18.5. The Morgan fingerprint density at radius 3 is 2.48 bits per heavy atom. The van der Waals surface area contributed by atoms with Gasteiger partial charge in [-0.15, -0.1) is 0 Å². The monoisotopic (exact) mass is 450 g/mol. The summed E-state index contributed by atoms with van der Waals surface area (Å²) in [6, 6.07) is 9.73. The van der Waals surface area contributed by atoms with Gasteiger partial charge >= 0.3 is 0 Å². The van der Waals surface area contributed by atoms with Crippen LogP contribution in [0.15, 0.2) is 42.7 Å². The zero-order valence-corrected chi connectivity index (χ0v) is 19.4. The van der Waals surface area contributed by atoms with Gasteiger partial charge < -0.3 is 14.6 Å². The number of pyridine rings is 1. The summed E-state index contributed by atoms with van der Waals surface area (Å²) in [4.78, 5) is 9.08. The van der Waals surface area contributed by atoms with Gasteiger partial charge in [-0.1, -0.05) is 0 Å². The van der Waals surface area contributed by atoms with Crippen molar-refractivity contribution in [1.29, 1.82) is 5.26 Å². The molecule has 4 rings (SSSR count). The van der Waals surface area contributed by atoms with Gasteiger partial charge in [0.05, 0.1) is 40.8 Å². The van der Waals surface area contributed by atoms with Gasteiger partial charge in [-0.2, -0.15) is 5.26 Å². The largest absolute Gasteiger partial charge is 0.480 e. The summed E-state index contributed by atoms with van der Waals surface area (Å²) in [5, 5.41) is 20.9. The average molecular weight is 451 g/mol. The van der Waals surface area contributed by atoms with Gasteiger partial charge in [0.25, 0.3) is 0 Å². The second-order valence-electron chi connectivity index (χ2n) is 9.66. The zero-order valence-electron chi connectivity index (χ0n) is 19.4. The van der Waals surface area contributed by atoms with Crippen LogP contribution < -0.4 is 4.74 Å². The number of imidazole rings is 1. The lowest BCUT2D eigenvalue weighted by Gasteiger charge is -2.49. The molecule has 33 heavy (non-hydrogen) atoms. The van der Waals surface area contributed by atoms with Crippen LogP contribution in [0.5, 0.6) is 5.88 Å². The highest BCUT2D eigenvalue weighted by atomic mass is 19.1. The third-order valence-electron chi connectivity index (χ3n) is 5.73. The molecule has 172 valence electrons. The Morgan fingerprint density at radius 2 is 1.88 bits per heavy atom. The van der Waals surface area contributed by atoms with Crippen LogP contribution in [0.2, 0.25) is 0 Å². The molecule has 0 atom stereocenters. The number of methoxy groups -OCH3 is 1. The van der Waals surface area contributed by atoms with Crippen molar-refractivity contribution >= 4 is 0 Å². The fraction of sp³-hybridized carbons (Fsp3) is 0.400. The van der Waals surface area contributed by atoms with E-state index in [2.05, 4.69) is 4.98 Å². The van der Waals surface area contributed by atoms with Gasteiger partial charge in [-0.3, -0.25) is 4.57 Å². The molecule has 2 aromatic heterocycles. The molecule has 0 spiro atoms. The SMILES string of the molecule is COc1ncccc1-c1nc(C2(O)CC(C)(C)OC(C)(C)C2)cn1-c1ccc(C#N)c(F)c1. The van der Waals surface area contributed by atoms with Gasteiger partial charge in [0.2, 0.25) is 5.88 Å². The van der Waals surface area contributed by atoms with Crippen molar-refractivity contribution in [1.82, 2.24) is 14.5 Å². The summed E-state index contributed by atoms with van der Waals surface area (Å²) in [5.41, 5.74) is -0.986. The van der Waals surface area contributed by atoms with E-state index in [4.69, 9.17) is 19.7 Å². The predicted molar refractivity (Wildman–Crippen MR) is 120 cm³/mol. The third kappa shape index (κ3) is 4.34. The summed E-state index contributed by atoms with van der Waals surface area (Å²) in [5.74, 6) is 0.153. The molecule has 0 unspecified atom stereocenters. The van der Waals surface area contributed by atoms with Crippen LogP contribution >= 0.6 is 0 Å². The van der Waals surface area contributed by atoms with Crippen molar-refractivity contribution in [2.75, 3.05) is 7.11 Å². The van der Waals surface area contributed by atoms with Crippen molar-refractivity contribution < 1.29 is 19.0 Å². The molecule has 1 fully saturated rings. The first-order valence-electron chi connectivity index (χ1n) is 10.7. The van der Waals surface area contributed by atoms with Crippen LogP contribution in [-0.4, -0.2) is 38.0 Å². The van der Waals surface area contributed by atoms with E-state index < -0.39 is 22.6 Å². The fourth-order valence-corrected chi connectivity index (χ4v) is 4.93. The number of hydrogen-bond acceptors (Lipinski definition) is 6. The maximum Gasteiger partial charge on any atom is 0.224 e. The molecule has 1 aromatic carbocycles. The van der Waals surface area contributed by atoms with E-state index in [1.165, 1.54) is 19.2 Å². The Labute approximate surface area is 192 Å². The van der Waals surface area contributed by atoms with E-state index in [9.17, 15) is 9.50 Å². The first-order chi connectivity index (χ1) is 15.5. The van der Waals surface area contributed by atoms with Crippen molar-refractivity contribution in [2.45, 2.75) is 57.3 Å². The summed E-state index contributed by atoms with van der Waals surface area (Å²) in [6.07, 6.45) is 3.99. The molecule has 1 aliphatic rings. The standard InChI is InChI=1S/C25H27FN4O3/c1-23(2)14-25(31,15-24(3,4)33-23)20-13-30(17-9-8-16(12-27)19(26)11-17)21(29-20)18-7-6-10-28-22(18)32-5/h6-11,13,31H,14-15H2,1-5H3. The highest BCUT2D eigenvalue weighted by molar-refractivity contribution is 5.65. The zero-order chi connectivity index (χ0) is 24.0. The van der Waals surface area contributed by atoms with E-state index in [0.29, 0.717) is 41.5 Å². The molecule has 8 heteroatoms. The van der Waals surface area contributed by atoms with Crippen molar-refractivity contribution in [3.8, 4) is 29.0 Å². The second kappa shape index (κ2) is 7.94. The van der Waals surface area contributed by atoms with Crippen molar-refractivity contribution in [2.24, 2.45) is 0 Å². The van der Waals surface area contributed by atoms with Gasteiger partial charge in [0.1, 0.15) is 23.3 Å². The first kappa shape index (κ1) is 22.9. The van der Waals surface area contributed by atoms with Crippen LogP contribution in [0, 0.1) is 17.1 Å². The summed E-state index contributed by atoms with van der Waals surface area (Å²) in [7, 11) is 1.51. The Hall–Kier alpha value is -3.28. The minimum absolute atomic E-state index is 0.0499.